The fourth-order valence-electron chi connectivity index (χ4n) is 1.93. The maximum Gasteiger partial charge on any atom is 0.416 e. The molecule has 0 fully saturated rings. The molecule has 0 saturated heterocycles. The molecule has 0 N–H and O–H groups in total. The van der Waals surface area contributed by atoms with E-state index in [0.717, 1.165) is 12.1 Å². The lowest BCUT2D eigenvalue weighted by Crippen LogP contribution is -2.24. The molecule has 1 aromatic rings. The molecule has 0 aromatic heterocycles. The van der Waals surface area contributed by atoms with Crippen LogP contribution in [0.2, 0.25) is 0 Å². The molecule has 1 aliphatic heterocycles. The van der Waals surface area contributed by atoms with Gasteiger partial charge in [0.15, 0.2) is 13.2 Å². The summed E-state index contributed by atoms with van der Waals surface area (Å²) in [6.45, 7) is 1.21. The Morgan fingerprint density at radius 1 is 1.30 bits per heavy atom. The van der Waals surface area contributed by atoms with Gasteiger partial charge in [-0.2, -0.15) is 17.7 Å². The third kappa shape index (κ3) is 3.60. The van der Waals surface area contributed by atoms with E-state index < -0.39 is 11.7 Å². The molecule has 0 spiro atoms. The Bertz CT molecular complexity index is 535. The van der Waals surface area contributed by atoms with Crippen molar-refractivity contribution in [1.82, 2.24) is 0 Å². The summed E-state index contributed by atoms with van der Waals surface area (Å²) in [5.74, 6) is 0.526. The smallest absolute Gasteiger partial charge is 0.416 e. The molecular formula is C14H14F3NO2. The van der Waals surface area contributed by atoms with Crippen molar-refractivity contribution < 1.29 is 27.6 Å². The summed E-state index contributed by atoms with van der Waals surface area (Å²) in [6.07, 6.45) is -1.21. The first-order chi connectivity index (χ1) is 9.50. The highest BCUT2D eigenvalue weighted by Gasteiger charge is 2.30. The fraction of sp³-hybridized carbons (Fsp3) is 0.357. The minimum Gasteiger partial charge on any atom is -0.850 e. The Morgan fingerprint density at radius 3 is 2.80 bits per heavy atom. The Hall–Kier alpha value is -1.82. The quantitative estimate of drug-likeness (QED) is 0.786. The van der Waals surface area contributed by atoms with E-state index in [-0.39, 0.29) is 6.61 Å². The molecule has 3 nitrogen and oxygen atoms in total. The molecule has 0 unspecified atom stereocenters. The minimum atomic E-state index is -4.35. The highest BCUT2D eigenvalue weighted by atomic mass is 19.4. The van der Waals surface area contributed by atoms with Crippen molar-refractivity contribution in [3.05, 3.63) is 41.5 Å². The highest BCUT2D eigenvalue weighted by molar-refractivity contribution is 5.88. The van der Waals surface area contributed by atoms with E-state index in [2.05, 4.69) is 0 Å². The second-order valence-electron chi connectivity index (χ2n) is 4.33. The maximum atomic E-state index is 12.6. The molecule has 1 heterocycles. The van der Waals surface area contributed by atoms with Crippen LogP contribution in [0.4, 0.5) is 13.2 Å². The molecule has 0 aliphatic carbocycles. The van der Waals surface area contributed by atoms with Gasteiger partial charge in [-0.05, 0) is 23.8 Å². The van der Waals surface area contributed by atoms with Gasteiger partial charge in [0.1, 0.15) is 6.54 Å². The standard InChI is InChI=1S/C14H14F3NO2/c15-14(16,17)12-3-1-2-11(10-12)4-5-13-18(6-8-19)7-9-20-13/h1-5,10H,6-9H2/b5-4+. The van der Waals surface area contributed by atoms with Crippen molar-refractivity contribution in [2.75, 3.05) is 26.3 Å². The van der Waals surface area contributed by atoms with Gasteiger partial charge in [0.25, 0.3) is 0 Å². The maximum absolute atomic E-state index is 12.6. The van der Waals surface area contributed by atoms with Gasteiger partial charge in [-0.3, -0.25) is 0 Å². The minimum absolute atomic E-state index is 0.246. The van der Waals surface area contributed by atoms with Crippen molar-refractivity contribution in [1.29, 1.82) is 0 Å². The number of hydrogen-bond donors (Lipinski definition) is 0. The van der Waals surface area contributed by atoms with Gasteiger partial charge in [-0.15, -0.1) is 0 Å². The van der Waals surface area contributed by atoms with Crippen LogP contribution in [0.5, 0.6) is 0 Å². The number of rotatable bonds is 4. The summed E-state index contributed by atoms with van der Waals surface area (Å²) in [5.41, 5.74) is -0.252. The molecule has 0 amide bonds. The van der Waals surface area contributed by atoms with E-state index in [9.17, 15) is 18.3 Å². The molecule has 20 heavy (non-hydrogen) atoms. The van der Waals surface area contributed by atoms with Crippen molar-refractivity contribution in [3.8, 4) is 0 Å². The zero-order valence-electron chi connectivity index (χ0n) is 10.7. The van der Waals surface area contributed by atoms with E-state index >= 15 is 0 Å². The second kappa shape index (κ2) is 6.09. The number of nitrogens with zero attached hydrogens (tertiary/aromatic N) is 1. The first-order valence-electron chi connectivity index (χ1n) is 6.19. The van der Waals surface area contributed by atoms with E-state index in [1.165, 1.54) is 6.07 Å². The van der Waals surface area contributed by atoms with Crippen LogP contribution in [0.15, 0.2) is 30.3 Å². The fourth-order valence-corrected chi connectivity index (χ4v) is 1.93. The lowest BCUT2D eigenvalue weighted by atomic mass is 10.1. The third-order valence-corrected chi connectivity index (χ3v) is 2.92. The Balaban J connectivity index is 2.17. The lowest BCUT2D eigenvalue weighted by Gasteiger charge is -2.06. The van der Waals surface area contributed by atoms with Crippen LogP contribution >= 0.6 is 0 Å². The Labute approximate surface area is 114 Å². The monoisotopic (exact) mass is 285 g/mol. The van der Waals surface area contributed by atoms with Crippen molar-refractivity contribution in [2.45, 2.75) is 6.18 Å². The van der Waals surface area contributed by atoms with Crippen LogP contribution in [-0.4, -0.2) is 36.8 Å². The van der Waals surface area contributed by atoms with E-state index in [1.54, 1.807) is 22.8 Å². The van der Waals surface area contributed by atoms with Crippen LogP contribution in [0, 0.1) is 0 Å². The molecule has 1 aliphatic rings. The zero-order valence-corrected chi connectivity index (χ0v) is 10.7. The zero-order chi connectivity index (χ0) is 14.6. The van der Waals surface area contributed by atoms with Gasteiger partial charge in [0.05, 0.1) is 11.6 Å². The second-order valence-corrected chi connectivity index (χ2v) is 4.33. The predicted molar refractivity (Wildman–Crippen MR) is 66.3 cm³/mol. The normalized spacial score (nSPS) is 16.0. The SMILES string of the molecule is [O-]CC[N+]1=C(/C=C/c2cccc(C(F)(F)F)c2)OCC1. The predicted octanol–water partition coefficient (Wildman–Crippen LogP) is 1.52. The van der Waals surface area contributed by atoms with Gasteiger partial charge >= 0.3 is 12.1 Å². The van der Waals surface area contributed by atoms with Gasteiger partial charge in [-0.25, -0.2) is 0 Å². The van der Waals surface area contributed by atoms with Crippen LogP contribution in [0.3, 0.4) is 0 Å². The summed E-state index contributed by atoms with van der Waals surface area (Å²) in [4.78, 5) is 0. The summed E-state index contributed by atoms with van der Waals surface area (Å²) < 4.78 is 44.8. The van der Waals surface area contributed by atoms with Crippen LogP contribution in [-0.2, 0) is 10.9 Å². The number of benzene rings is 1. The molecular weight excluding hydrogens is 271 g/mol. The summed E-state index contributed by atoms with van der Waals surface area (Å²) in [5, 5.41) is 10.6. The first-order valence-corrected chi connectivity index (χ1v) is 6.19. The van der Waals surface area contributed by atoms with Crippen molar-refractivity contribution in [2.24, 2.45) is 0 Å². The lowest BCUT2D eigenvalue weighted by molar-refractivity contribution is -0.549. The third-order valence-electron chi connectivity index (χ3n) is 2.92. The summed E-state index contributed by atoms with van der Waals surface area (Å²) >= 11 is 0. The average molecular weight is 285 g/mol. The van der Waals surface area contributed by atoms with E-state index in [4.69, 9.17) is 4.74 Å². The molecule has 0 atom stereocenters. The molecule has 2 rings (SSSR count). The molecule has 6 heteroatoms. The summed E-state index contributed by atoms with van der Waals surface area (Å²) in [7, 11) is 0. The van der Waals surface area contributed by atoms with E-state index in [0.29, 0.717) is 31.2 Å². The molecule has 0 radical (unpaired) electrons. The average Bonchev–Trinajstić information content (AvgIpc) is 2.84. The largest absolute Gasteiger partial charge is 0.850 e. The van der Waals surface area contributed by atoms with Crippen LogP contribution in [0.1, 0.15) is 11.1 Å². The summed E-state index contributed by atoms with van der Waals surface area (Å²) in [6, 6.07) is 5.04. The molecule has 0 bridgehead atoms. The number of ether oxygens (including phenoxy) is 1. The number of hydrogen-bond acceptors (Lipinski definition) is 2. The Morgan fingerprint density at radius 2 is 2.10 bits per heavy atom. The van der Waals surface area contributed by atoms with Gasteiger partial charge < -0.3 is 9.84 Å². The van der Waals surface area contributed by atoms with Crippen molar-refractivity contribution >= 4 is 12.0 Å². The van der Waals surface area contributed by atoms with Gasteiger partial charge in [0.2, 0.25) is 0 Å². The number of halogens is 3. The Kier molecular flexibility index (Phi) is 4.44. The van der Waals surface area contributed by atoms with Gasteiger partial charge in [-0.1, -0.05) is 18.7 Å². The van der Waals surface area contributed by atoms with E-state index in [1.807, 2.05) is 0 Å². The van der Waals surface area contributed by atoms with Crippen LogP contribution in [0.25, 0.3) is 6.08 Å². The first kappa shape index (κ1) is 14.6. The topological polar surface area (TPSA) is 35.3 Å². The molecule has 1 aromatic carbocycles. The number of alkyl halides is 3. The van der Waals surface area contributed by atoms with Crippen molar-refractivity contribution in [3.63, 3.8) is 0 Å². The van der Waals surface area contributed by atoms with Crippen LogP contribution < -0.4 is 5.11 Å². The highest BCUT2D eigenvalue weighted by Crippen LogP contribution is 2.29. The molecule has 0 saturated carbocycles. The molecule has 108 valence electrons. The van der Waals surface area contributed by atoms with Gasteiger partial charge in [0, 0.05) is 0 Å².